The number of nitro benzene ring substituents is 1. The van der Waals surface area contributed by atoms with E-state index in [1.807, 2.05) is 13.8 Å². The summed E-state index contributed by atoms with van der Waals surface area (Å²) in [6, 6.07) is 4.58. The van der Waals surface area contributed by atoms with Gasteiger partial charge < -0.3 is 5.73 Å². The normalized spacial score (nSPS) is 14.3. The van der Waals surface area contributed by atoms with Crippen molar-refractivity contribution in [1.29, 1.82) is 0 Å². The van der Waals surface area contributed by atoms with Gasteiger partial charge in [0.05, 0.1) is 16.1 Å². The van der Waals surface area contributed by atoms with Gasteiger partial charge in [-0.25, -0.2) is 9.97 Å². The highest BCUT2D eigenvalue weighted by atomic mass is 16.6. The van der Waals surface area contributed by atoms with Gasteiger partial charge in [0.2, 0.25) is 0 Å². The number of hydrogen-bond acceptors (Lipinski definition) is 5. The van der Waals surface area contributed by atoms with Crippen LogP contribution >= 0.6 is 0 Å². The Bertz CT molecular complexity index is 615. The molecule has 2 atom stereocenters. The number of nitrogens with zero attached hydrogens (tertiary/aromatic N) is 3. The van der Waals surface area contributed by atoms with E-state index in [4.69, 9.17) is 5.73 Å². The summed E-state index contributed by atoms with van der Waals surface area (Å²) in [5.74, 6) is 0.0255. The first-order valence-electron chi connectivity index (χ1n) is 6.19. The standard InChI is InChI=1S/C13H16N4O2/c1-3-11(14)8(2)13-10-6-9(17(18)19)4-5-12(10)15-7-16-13/h4-8,11H,3,14H2,1-2H3. The van der Waals surface area contributed by atoms with Crippen molar-refractivity contribution in [1.82, 2.24) is 9.97 Å². The highest BCUT2D eigenvalue weighted by Crippen LogP contribution is 2.27. The van der Waals surface area contributed by atoms with Gasteiger partial charge in [0.15, 0.2) is 0 Å². The van der Waals surface area contributed by atoms with Crippen LogP contribution < -0.4 is 5.73 Å². The van der Waals surface area contributed by atoms with E-state index in [1.54, 1.807) is 6.07 Å². The van der Waals surface area contributed by atoms with E-state index in [0.717, 1.165) is 12.1 Å². The third-order valence-electron chi connectivity index (χ3n) is 3.41. The zero-order valence-corrected chi connectivity index (χ0v) is 10.9. The van der Waals surface area contributed by atoms with Crippen LogP contribution in [0.2, 0.25) is 0 Å². The predicted octanol–water partition coefficient (Wildman–Crippen LogP) is 2.38. The molecule has 0 amide bonds. The molecule has 2 N–H and O–H groups in total. The second-order valence-corrected chi connectivity index (χ2v) is 4.58. The molecule has 0 aliphatic heterocycles. The Morgan fingerprint density at radius 1 is 1.42 bits per heavy atom. The second-order valence-electron chi connectivity index (χ2n) is 4.58. The SMILES string of the molecule is CCC(N)C(C)c1ncnc2ccc([N+](=O)[O-])cc12. The minimum absolute atomic E-state index is 0.0255. The zero-order valence-electron chi connectivity index (χ0n) is 10.9. The average molecular weight is 260 g/mol. The molecule has 6 nitrogen and oxygen atoms in total. The molecule has 100 valence electrons. The van der Waals surface area contributed by atoms with Gasteiger partial charge in [-0.2, -0.15) is 0 Å². The summed E-state index contributed by atoms with van der Waals surface area (Å²) in [5, 5.41) is 11.6. The topological polar surface area (TPSA) is 94.9 Å². The first kappa shape index (κ1) is 13.4. The number of non-ortho nitro benzene ring substituents is 1. The smallest absolute Gasteiger partial charge is 0.270 e. The summed E-state index contributed by atoms with van der Waals surface area (Å²) in [5.41, 5.74) is 7.55. The molecule has 0 aliphatic rings. The van der Waals surface area contributed by atoms with Crippen molar-refractivity contribution in [2.24, 2.45) is 5.73 Å². The Balaban J connectivity index is 2.60. The molecule has 0 radical (unpaired) electrons. The highest BCUT2D eigenvalue weighted by molar-refractivity contribution is 5.83. The van der Waals surface area contributed by atoms with Crippen LogP contribution in [0.5, 0.6) is 0 Å². The van der Waals surface area contributed by atoms with Crippen LogP contribution in [0.15, 0.2) is 24.5 Å². The van der Waals surface area contributed by atoms with Crippen LogP contribution in [0.1, 0.15) is 31.9 Å². The van der Waals surface area contributed by atoms with E-state index in [1.165, 1.54) is 18.5 Å². The molecule has 19 heavy (non-hydrogen) atoms. The number of nitrogens with two attached hydrogens (primary N) is 1. The fraction of sp³-hybridized carbons (Fsp3) is 0.385. The molecule has 0 fully saturated rings. The molecule has 0 spiro atoms. The first-order valence-corrected chi connectivity index (χ1v) is 6.19. The molecule has 0 bridgehead atoms. The van der Waals surface area contributed by atoms with Crippen molar-refractivity contribution in [3.05, 3.63) is 40.3 Å². The molecule has 0 saturated carbocycles. The fourth-order valence-electron chi connectivity index (χ4n) is 2.10. The molecule has 1 aromatic carbocycles. The van der Waals surface area contributed by atoms with Crippen LogP contribution in [-0.2, 0) is 0 Å². The number of nitro groups is 1. The Morgan fingerprint density at radius 2 is 2.16 bits per heavy atom. The first-order chi connectivity index (χ1) is 9.04. The Labute approximate surface area is 110 Å². The number of aromatic nitrogens is 2. The summed E-state index contributed by atoms with van der Waals surface area (Å²) in [6.45, 7) is 3.99. The zero-order chi connectivity index (χ0) is 14.0. The minimum Gasteiger partial charge on any atom is -0.327 e. The van der Waals surface area contributed by atoms with E-state index in [-0.39, 0.29) is 17.6 Å². The van der Waals surface area contributed by atoms with Gasteiger partial charge >= 0.3 is 0 Å². The quantitative estimate of drug-likeness (QED) is 0.672. The molecule has 2 aromatic rings. The fourth-order valence-corrected chi connectivity index (χ4v) is 2.10. The van der Waals surface area contributed by atoms with E-state index in [9.17, 15) is 10.1 Å². The van der Waals surface area contributed by atoms with Crippen LogP contribution in [-0.4, -0.2) is 20.9 Å². The van der Waals surface area contributed by atoms with E-state index in [0.29, 0.717) is 10.9 Å². The van der Waals surface area contributed by atoms with E-state index < -0.39 is 4.92 Å². The van der Waals surface area contributed by atoms with Gasteiger partial charge in [-0.3, -0.25) is 10.1 Å². The number of rotatable bonds is 4. The van der Waals surface area contributed by atoms with E-state index >= 15 is 0 Å². The molecule has 6 heteroatoms. The molecule has 1 heterocycles. The molecule has 0 aliphatic carbocycles. The van der Waals surface area contributed by atoms with Crippen molar-refractivity contribution >= 4 is 16.6 Å². The van der Waals surface area contributed by atoms with Crippen LogP contribution in [0.25, 0.3) is 10.9 Å². The van der Waals surface area contributed by atoms with Crippen molar-refractivity contribution in [2.75, 3.05) is 0 Å². The van der Waals surface area contributed by atoms with E-state index in [2.05, 4.69) is 9.97 Å². The number of fused-ring (bicyclic) bond motifs is 1. The Hall–Kier alpha value is -2.08. The summed E-state index contributed by atoms with van der Waals surface area (Å²) in [4.78, 5) is 18.8. The number of benzene rings is 1. The maximum Gasteiger partial charge on any atom is 0.270 e. The molecule has 2 rings (SSSR count). The van der Waals surface area contributed by atoms with Crippen molar-refractivity contribution in [2.45, 2.75) is 32.2 Å². The lowest BCUT2D eigenvalue weighted by Gasteiger charge is -2.18. The maximum absolute atomic E-state index is 10.9. The van der Waals surface area contributed by atoms with Crippen LogP contribution in [0, 0.1) is 10.1 Å². The Morgan fingerprint density at radius 3 is 2.79 bits per heavy atom. The summed E-state index contributed by atoms with van der Waals surface area (Å²) in [6.07, 6.45) is 2.30. The monoisotopic (exact) mass is 260 g/mol. The van der Waals surface area contributed by atoms with Crippen molar-refractivity contribution < 1.29 is 4.92 Å². The van der Waals surface area contributed by atoms with Crippen molar-refractivity contribution in [3.8, 4) is 0 Å². The predicted molar refractivity (Wildman–Crippen MR) is 72.9 cm³/mol. The summed E-state index contributed by atoms with van der Waals surface area (Å²) in [7, 11) is 0. The van der Waals surface area contributed by atoms with Gasteiger partial charge in [0.1, 0.15) is 6.33 Å². The Kier molecular flexibility index (Phi) is 3.71. The van der Waals surface area contributed by atoms with Gasteiger partial charge in [-0.1, -0.05) is 13.8 Å². The maximum atomic E-state index is 10.9. The summed E-state index contributed by atoms with van der Waals surface area (Å²) >= 11 is 0. The van der Waals surface area contributed by atoms with Crippen LogP contribution in [0.4, 0.5) is 5.69 Å². The van der Waals surface area contributed by atoms with Gasteiger partial charge in [0.25, 0.3) is 5.69 Å². The minimum atomic E-state index is -0.416. The van der Waals surface area contributed by atoms with Gasteiger partial charge in [-0.15, -0.1) is 0 Å². The van der Waals surface area contributed by atoms with Gasteiger partial charge in [-0.05, 0) is 12.5 Å². The van der Waals surface area contributed by atoms with Crippen LogP contribution in [0.3, 0.4) is 0 Å². The second kappa shape index (κ2) is 5.27. The third-order valence-corrected chi connectivity index (χ3v) is 3.41. The van der Waals surface area contributed by atoms with Gasteiger partial charge in [0, 0.05) is 29.5 Å². The molecule has 2 unspecified atom stereocenters. The lowest BCUT2D eigenvalue weighted by molar-refractivity contribution is -0.384. The molecular formula is C13H16N4O2. The van der Waals surface area contributed by atoms with Crippen molar-refractivity contribution in [3.63, 3.8) is 0 Å². The lowest BCUT2D eigenvalue weighted by Crippen LogP contribution is -2.26. The largest absolute Gasteiger partial charge is 0.327 e. The molecule has 0 saturated heterocycles. The lowest BCUT2D eigenvalue weighted by atomic mass is 9.94. The third kappa shape index (κ3) is 2.53. The average Bonchev–Trinajstić information content (AvgIpc) is 2.44. The highest BCUT2D eigenvalue weighted by Gasteiger charge is 2.19. The molecule has 1 aromatic heterocycles. The number of hydrogen-bond donors (Lipinski definition) is 1. The summed E-state index contributed by atoms with van der Waals surface area (Å²) < 4.78 is 0. The molecular weight excluding hydrogens is 244 g/mol.